The van der Waals surface area contributed by atoms with Gasteiger partial charge in [-0.1, -0.05) is 13.8 Å². The van der Waals surface area contributed by atoms with Crippen molar-refractivity contribution < 1.29 is 9.66 Å². The number of nitrogens with zero attached hydrogens (tertiary/aromatic N) is 3. The van der Waals surface area contributed by atoms with E-state index in [1.807, 2.05) is 6.07 Å². The van der Waals surface area contributed by atoms with Crippen molar-refractivity contribution in [3.63, 3.8) is 0 Å². The first-order chi connectivity index (χ1) is 10.0. The van der Waals surface area contributed by atoms with E-state index in [1.165, 1.54) is 13.2 Å². The SMILES string of the molecule is COc1ccc(-n2ccc(CNC(C)C)n2)cc1[N+](=O)[O-]. The van der Waals surface area contributed by atoms with Gasteiger partial charge in [-0.3, -0.25) is 10.1 Å². The predicted molar refractivity (Wildman–Crippen MR) is 78.7 cm³/mol. The minimum atomic E-state index is -0.465. The lowest BCUT2D eigenvalue weighted by molar-refractivity contribution is -0.385. The molecule has 0 radical (unpaired) electrons. The molecule has 0 bridgehead atoms. The van der Waals surface area contributed by atoms with E-state index in [0.717, 1.165) is 5.69 Å². The zero-order valence-corrected chi connectivity index (χ0v) is 12.2. The van der Waals surface area contributed by atoms with Crippen molar-refractivity contribution >= 4 is 5.69 Å². The molecule has 0 aliphatic rings. The van der Waals surface area contributed by atoms with Gasteiger partial charge in [-0.2, -0.15) is 5.10 Å². The summed E-state index contributed by atoms with van der Waals surface area (Å²) in [6.45, 7) is 4.77. The molecule has 2 rings (SSSR count). The molecule has 1 aromatic carbocycles. The number of methoxy groups -OCH3 is 1. The first kappa shape index (κ1) is 15.0. The highest BCUT2D eigenvalue weighted by Gasteiger charge is 2.16. The molecular formula is C14H18N4O3. The van der Waals surface area contributed by atoms with Crippen LogP contribution in [0.2, 0.25) is 0 Å². The zero-order chi connectivity index (χ0) is 15.4. The summed E-state index contributed by atoms with van der Waals surface area (Å²) in [7, 11) is 1.41. The Bertz CT molecular complexity index is 637. The van der Waals surface area contributed by atoms with Gasteiger partial charge in [0.2, 0.25) is 0 Å². The quantitative estimate of drug-likeness (QED) is 0.652. The van der Waals surface area contributed by atoms with E-state index in [9.17, 15) is 10.1 Å². The van der Waals surface area contributed by atoms with Gasteiger partial charge >= 0.3 is 5.69 Å². The van der Waals surface area contributed by atoms with Crippen molar-refractivity contribution in [3.05, 3.63) is 46.3 Å². The van der Waals surface area contributed by atoms with Crippen LogP contribution in [0.15, 0.2) is 30.5 Å². The number of ether oxygens (including phenoxy) is 1. The number of nitrogens with one attached hydrogen (secondary N) is 1. The van der Waals surface area contributed by atoms with Crippen LogP contribution in [0.4, 0.5) is 5.69 Å². The average molecular weight is 290 g/mol. The number of nitro groups is 1. The van der Waals surface area contributed by atoms with Gasteiger partial charge in [0.15, 0.2) is 5.75 Å². The van der Waals surface area contributed by atoms with Gasteiger partial charge in [0, 0.05) is 24.8 Å². The standard InChI is InChI=1S/C14H18N4O3/c1-10(2)15-9-11-6-7-17(16-11)12-4-5-14(21-3)13(8-12)18(19)20/h4-8,10,15H,9H2,1-3H3. The second-order valence-corrected chi connectivity index (χ2v) is 4.90. The molecular weight excluding hydrogens is 272 g/mol. The maximum absolute atomic E-state index is 11.0. The smallest absolute Gasteiger partial charge is 0.313 e. The fourth-order valence-corrected chi connectivity index (χ4v) is 1.87. The summed E-state index contributed by atoms with van der Waals surface area (Å²) >= 11 is 0. The second-order valence-electron chi connectivity index (χ2n) is 4.90. The Balaban J connectivity index is 2.26. The molecule has 0 aliphatic carbocycles. The lowest BCUT2D eigenvalue weighted by Gasteiger charge is -2.06. The summed E-state index contributed by atoms with van der Waals surface area (Å²) in [5.74, 6) is 0.234. The van der Waals surface area contributed by atoms with Crippen molar-refractivity contribution in [2.45, 2.75) is 26.4 Å². The van der Waals surface area contributed by atoms with Gasteiger partial charge in [0.05, 0.1) is 23.4 Å². The maximum Gasteiger partial charge on any atom is 0.313 e. The lowest BCUT2D eigenvalue weighted by atomic mass is 10.2. The molecule has 0 atom stereocenters. The molecule has 1 heterocycles. The molecule has 0 saturated heterocycles. The monoisotopic (exact) mass is 290 g/mol. The van der Waals surface area contributed by atoms with Crippen LogP contribution in [0.25, 0.3) is 5.69 Å². The highest BCUT2D eigenvalue weighted by Crippen LogP contribution is 2.28. The molecule has 0 aliphatic heterocycles. The first-order valence-electron chi connectivity index (χ1n) is 6.62. The number of aromatic nitrogens is 2. The molecule has 1 N–H and O–H groups in total. The van der Waals surface area contributed by atoms with Crippen molar-refractivity contribution in [1.82, 2.24) is 15.1 Å². The van der Waals surface area contributed by atoms with Crippen LogP contribution in [-0.2, 0) is 6.54 Å². The van der Waals surface area contributed by atoms with Gasteiger partial charge in [-0.25, -0.2) is 4.68 Å². The number of nitro benzene ring substituents is 1. The molecule has 0 fully saturated rings. The van der Waals surface area contributed by atoms with E-state index in [-0.39, 0.29) is 11.4 Å². The Morgan fingerprint density at radius 3 is 2.81 bits per heavy atom. The fourth-order valence-electron chi connectivity index (χ4n) is 1.87. The fraction of sp³-hybridized carbons (Fsp3) is 0.357. The minimum Gasteiger partial charge on any atom is -0.490 e. The largest absolute Gasteiger partial charge is 0.490 e. The Hall–Kier alpha value is -2.41. The Morgan fingerprint density at radius 1 is 1.43 bits per heavy atom. The van der Waals surface area contributed by atoms with E-state index in [2.05, 4.69) is 24.3 Å². The second kappa shape index (κ2) is 6.36. The zero-order valence-electron chi connectivity index (χ0n) is 12.2. The molecule has 1 aromatic heterocycles. The third-order valence-corrected chi connectivity index (χ3v) is 2.96. The summed E-state index contributed by atoms with van der Waals surface area (Å²) in [5, 5.41) is 18.7. The molecule has 0 unspecified atom stereocenters. The topological polar surface area (TPSA) is 82.2 Å². The summed E-state index contributed by atoms with van der Waals surface area (Å²) in [4.78, 5) is 10.6. The van der Waals surface area contributed by atoms with Crippen LogP contribution < -0.4 is 10.1 Å². The summed E-state index contributed by atoms with van der Waals surface area (Å²) < 4.78 is 6.60. The van der Waals surface area contributed by atoms with Gasteiger partial charge < -0.3 is 10.1 Å². The van der Waals surface area contributed by atoms with Crippen molar-refractivity contribution in [2.75, 3.05) is 7.11 Å². The highest BCUT2D eigenvalue weighted by atomic mass is 16.6. The number of rotatable bonds is 6. The Labute approximate surface area is 122 Å². The number of benzene rings is 1. The van der Waals surface area contributed by atoms with Gasteiger partial charge in [-0.15, -0.1) is 0 Å². The highest BCUT2D eigenvalue weighted by molar-refractivity contribution is 5.53. The summed E-state index contributed by atoms with van der Waals surface area (Å²) in [6.07, 6.45) is 1.78. The third-order valence-electron chi connectivity index (χ3n) is 2.96. The molecule has 2 aromatic rings. The minimum absolute atomic E-state index is 0.0765. The van der Waals surface area contributed by atoms with Crippen molar-refractivity contribution in [3.8, 4) is 11.4 Å². The number of hydrogen-bond donors (Lipinski definition) is 1. The average Bonchev–Trinajstić information content (AvgIpc) is 2.93. The molecule has 7 heteroatoms. The molecule has 7 nitrogen and oxygen atoms in total. The van der Waals surface area contributed by atoms with E-state index >= 15 is 0 Å². The molecule has 0 spiro atoms. The maximum atomic E-state index is 11.0. The third kappa shape index (κ3) is 3.57. The lowest BCUT2D eigenvalue weighted by Crippen LogP contribution is -2.22. The van der Waals surface area contributed by atoms with Crippen LogP contribution in [-0.4, -0.2) is 27.9 Å². The van der Waals surface area contributed by atoms with Crippen LogP contribution in [0.3, 0.4) is 0 Å². The first-order valence-corrected chi connectivity index (χ1v) is 6.62. The normalized spacial score (nSPS) is 10.9. The summed E-state index contributed by atoms with van der Waals surface area (Å²) in [6, 6.07) is 7.01. The van der Waals surface area contributed by atoms with E-state index < -0.39 is 4.92 Å². The number of hydrogen-bond acceptors (Lipinski definition) is 5. The summed E-state index contributed by atoms with van der Waals surface area (Å²) in [5.41, 5.74) is 1.42. The van der Waals surface area contributed by atoms with Gasteiger partial charge in [-0.05, 0) is 18.2 Å². The Kier molecular flexibility index (Phi) is 4.54. The molecule has 0 saturated carbocycles. The van der Waals surface area contributed by atoms with E-state index in [1.54, 1.807) is 23.0 Å². The predicted octanol–water partition coefficient (Wildman–Crippen LogP) is 2.29. The molecule has 0 amide bonds. The van der Waals surface area contributed by atoms with Gasteiger partial charge in [0.25, 0.3) is 0 Å². The molecule has 112 valence electrons. The van der Waals surface area contributed by atoms with Crippen LogP contribution >= 0.6 is 0 Å². The van der Waals surface area contributed by atoms with E-state index in [4.69, 9.17) is 4.74 Å². The van der Waals surface area contributed by atoms with E-state index in [0.29, 0.717) is 18.3 Å². The van der Waals surface area contributed by atoms with Crippen LogP contribution in [0.5, 0.6) is 5.75 Å². The van der Waals surface area contributed by atoms with Crippen LogP contribution in [0, 0.1) is 10.1 Å². The van der Waals surface area contributed by atoms with Crippen molar-refractivity contribution in [1.29, 1.82) is 0 Å². The van der Waals surface area contributed by atoms with Gasteiger partial charge in [0.1, 0.15) is 0 Å². The molecule has 21 heavy (non-hydrogen) atoms. The Morgan fingerprint density at radius 2 is 2.19 bits per heavy atom. The van der Waals surface area contributed by atoms with Crippen LogP contribution in [0.1, 0.15) is 19.5 Å². The van der Waals surface area contributed by atoms with Crippen molar-refractivity contribution in [2.24, 2.45) is 0 Å².